The van der Waals surface area contributed by atoms with Crippen molar-refractivity contribution in [1.29, 1.82) is 0 Å². The molecule has 2 aromatic rings. The topological polar surface area (TPSA) is 193 Å². The molecular formula is C37H48FN5O9S. The third kappa shape index (κ3) is 7.92. The van der Waals surface area contributed by atoms with Crippen LogP contribution in [0.2, 0.25) is 0 Å². The zero-order valence-corrected chi connectivity index (χ0v) is 31.2. The number of sulfonamides is 1. The second-order valence-corrected chi connectivity index (χ2v) is 17.5. The number of fused-ring (bicyclic) bond motifs is 3. The van der Waals surface area contributed by atoms with Crippen LogP contribution in [0.25, 0.3) is 10.8 Å². The summed E-state index contributed by atoms with van der Waals surface area (Å²) in [7, 11) is -4.39. The van der Waals surface area contributed by atoms with Crippen LogP contribution in [0.1, 0.15) is 72.6 Å². The fourth-order valence-electron chi connectivity index (χ4n) is 7.58. The molecule has 4 amide bonds. The molecule has 14 nitrogen and oxygen atoms in total. The van der Waals surface area contributed by atoms with Gasteiger partial charge in [-0.05, 0) is 75.7 Å². The molecule has 1 saturated heterocycles. The Morgan fingerprint density at radius 1 is 1.17 bits per heavy atom. The Balaban J connectivity index is 1.35. The third-order valence-corrected chi connectivity index (χ3v) is 13.0. The largest absolute Gasteiger partial charge is 0.475 e. The summed E-state index contributed by atoms with van der Waals surface area (Å²) in [4.78, 5) is 60.4. The molecule has 4 N–H and O–H groups in total. The van der Waals surface area contributed by atoms with Gasteiger partial charge in [0.2, 0.25) is 33.6 Å². The van der Waals surface area contributed by atoms with Crippen LogP contribution in [-0.2, 0) is 24.4 Å². The Labute approximate surface area is 308 Å². The summed E-state index contributed by atoms with van der Waals surface area (Å²) in [6.07, 6.45) is 3.30. The highest BCUT2D eigenvalue weighted by atomic mass is 32.2. The second-order valence-electron chi connectivity index (χ2n) is 15.4. The highest BCUT2D eigenvalue weighted by Gasteiger charge is 2.64. The lowest BCUT2D eigenvalue weighted by Gasteiger charge is -2.32. The molecule has 3 heterocycles. The highest BCUT2D eigenvalue weighted by molar-refractivity contribution is 7.91. The van der Waals surface area contributed by atoms with Gasteiger partial charge in [0.15, 0.2) is 0 Å². The van der Waals surface area contributed by atoms with E-state index in [1.54, 1.807) is 19.1 Å². The number of amides is 4. The molecule has 0 radical (unpaired) electrons. The number of alkyl halides is 1. The van der Waals surface area contributed by atoms with E-state index in [-0.39, 0.29) is 50.1 Å². The molecule has 2 aliphatic carbocycles. The molecule has 16 heteroatoms. The van der Waals surface area contributed by atoms with Gasteiger partial charge in [0.05, 0.1) is 12.6 Å². The summed E-state index contributed by atoms with van der Waals surface area (Å²) in [5.41, 5.74) is -1.67. The van der Waals surface area contributed by atoms with Crippen molar-refractivity contribution < 1.29 is 46.6 Å². The van der Waals surface area contributed by atoms with Crippen molar-refractivity contribution >= 4 is 44.6 Å². The predicted octanol–water partition coefficient (Wildman–Crippen LogP) is 3.84. The van der Waals surface area contributed by atoms with E-state index in [1.807, 2.05) is 51.1 Å². The molecule has 1 aromatic heterocycles. The van der Waals surface area contributed by atoms with Gasteiger partial charge >= 0.3 is 6.09 Å². The van der Waals surface area contributed by atoms with Gasteiger partial charge in [-0.25, -0.2) is 17.6 Å². The number of hydrogen-bond acceptors (Lipinski definition) is 9. The summed E-state index contributed by atoms with van der Waals surface area (Å²) in [6.45, 7) is 6.26. The number of hydrogen-bond donors (Lipinski definition) is 4. The summed E-state index contributed by atoms with van der Waals surface area (Å²) in [5, 5.41) is 16.4. The number of ether oxygens (including phenoxy) is 2. The van der Waals surface area contributed by atoms with Crippen molar-refractivity contribution in [3.63, 3.8) is 0 Å². The summed E-state index contributed by atoms with van der Waals surface area (Å²) < 4.78 is 52.7. The van der Waals surface area contributed by atoms with Crippen LogP contribution in [0.5, 0.6) is 11.8 Å². The molecule has 2 aliphatic heterocycles. The minimum atomic E-state index is -4.39. The van der Waals surface area contributed by atoms with Crippen molar-refractivity contribution in [1.82, 2.24) is 25.2 Å². The van der Waals surface area contributed by atoms with Gasteiger partial charge in [-0.15, -0.1) is 0 Å². The fraction of sp³-hybridized carbons (Fsp3) is 0.595. The Morgan fingerprint density at radius 3 is 2.58 bits per heavy atom. The normalized spacial score (nSPS) is 30.0. The van der Waals surface area contributed by atoms with Gasteiger partial charge in [0, 0.05) is 23.8 Å². The van der Waals surface area contributed by atoms with Crippen LogP contribution in [0.3, 0.4) is 0 Å². The standard InChI is InChI=1S/C37H48FN5O9S/c1-21(2)51-29-16-24-10-6-8-12-27(24)32(39-29)52-26-17-28-31(44)41-37(34(46)42-53(49,50)36(20-38)13-14-36)18-25(37)11-7-5-9-22(3)15-23(4)30(40-35(47)48)33(45)43(28)19-26/h6-8,10-12,16,21-23,25-26,28,30,40H,5,9,13-15,17-20H2,1-4H3,(H,41,44)(H,42,46)(H,47,48)/t22-,23+,25+,26+,28-,30-,37+/m0/s1. The number of carbonyl (C=O) groups excluding carboxylic acids is 3. The van der Waals surface area contributed by atoms with Crippen LogP contribution in [0, 0.1) is 17.8 Å². The molecule has 0 unspecified atom stereocenters. The van der Waals surface area contributed by atoms with E-state index in [2.05, 4.69) is 20.3 Å². The lowest BCUT2D eigenvalue weighted by molar-refractivity contribution is -0.142. The average Bonchev–Trinajstić information content (AvgIpc) is 3.99. The zero-order chi connectivity index (χ0) is 38.3. The van der Waals surface area contributed by atoms with Crippen LogP contribution in [-0.4, -0.2) is 95.0 Å². The quantitative estimate of drug-likeness (QED) is 0.273. The van der Waals surface area contributed by atoms with E-state index in [1.165, 1.54) is 4.90 Å². The maximum absolute atomic E-state index is 14.4. The van der Waals surface area contributed by atoms with E-state index >= 15 is 0 Å². The molecule has 288 valence electrons. The van der Waals surface area contributed by atoms with Gasteiger partial charge < -0.3 is 30.1 Å². The summed E-state index contributed by atoms with van der Waals surface area (Å²) >= 11 is 0. The summed E-state index contributed by atoms with van der Waals surface area (Å²) in [5.74, 6) is -2.71. The SMILES string of the molecule is CC(C)Oc1cc2ccccc2c(O[C@@H]2C[C@H]3C(=O)N[C@]4(C(=O)NS(=O)(=O)C5(CF)CC5)C[C@H]4C=CCC[C@H](C)C[C@@H](C)[C@H](NC(=O)O)C(=O)N3C2)n1. The van der Waals surface area contributed by atoms with Gasteiger partial charge in [-0.2, -0.15) is 4.98 Å². The van der Waals surface area contributed by atoms with Crippen LogP contribution in [0.15, 0.2) is 42.5 Å². The third-order valence-electron chi connectivity index (χ3n) is 10.9. The molecule has 3 fully saturated rings. The van der Waals surface area contributed by atoms with Crippen molar-refractivity contribution in [2.75, 3.05) is 13.2 Å². The number of nitrogens with one attached hydrogen (secondary N) is 3. The number of aromatic nitrogens is 1. The Kier molecular flexibility index (Phi) is 10.6. The van der Waals surface area contributed by atoms with Crippen molar-refractivity contribution in [3.8, 4) is 11.8 Å². The Bertz CT molecular complexity index is 1900. The molecule has 0 spiro atoms. The monoisotopic (exact) mass is 757 g/mol. The molecule has 2 saturated carbocycles. The number of benzene rings is 1. The molecule has 6 rings (SSSR count). The number of nitrogens with zero attached hydrogens (tertiary/aromatic N) is 2. The molecule has 1 aromatic carbocycles. The van der Waals surface area contributed by atoms with Gasteiger partial charge in [-0.1, -0.05) is 44.2 Å². The van der Waals surface area contributed by atoms with Gasteiger partial charge in [-0.3, -0.25) is 19.1 Å². The molecule has 0 bridgehead atoms. The number of carbonyl (C=O) groups is 4. The van der Waals surface area contributed by atoms with Crippen molar-refractivity contribution in [3.05, 3.63) is 42.5 Å². The van der Waals surface area contributed by atoms with Crippen LogP contribution in [0.4, 0.5) is 9.18 Å². The smallest absolute Gasteiger partial charge is 0.405 e. The van der Waals surface area contributed by atoms with E-state index < -0.39 is 80.8 Å². The molecule has 53 heavy (non-hydrogen) atoms. The zero-order valence-electron chi connectivity index (χ0n) is 30.3. The Morgan fingerprint density at radius 2 is 1.91 bits per heavy atom. The fourth-order valence-corrected chi connectivity index (χ4v) is 9.00. The van der Waals surface area contributed by atoms with Crippen LogP contribution < -0.4 is 24.8 Å². The van der Waals surface area contributed by atoms with Gasteiger partial charge in [0.1, 0.15) is 35.1 Å². The number of halogens is 1. The maximum Gasteiger partial charge on any atom is 0.405 e. The number of carboxylic acid groups (broad SMARTS) is 1. The summed E-state index contributed by atoms with van der Waals surface area (Å²) in [6, 6.07) is 6.74. The first-order chi connectivity index (χ1) is 25.1. The first-order valence-electron chi connectivity index (χ1n) is 18.2. The van der Waals surface area contributed by atoms with Crippen molar-refractivity contribution in [2.24, 2.45) is 17.8 Å². The lowest BCUT2D eigenvalue weighted by atomic mass is 9.88. The van der Waals surface area contributed by atoms with E-state index in [0.29, 0.717) is 30.5 Å². The maximum atomic E-state index is 14.4. The molecule has 7 atom stereocenters. The second kappa shape index (κ2) is 14.7. The van der Waals surface area contributed by atoms with Crippen LogP contribution >= 0.6 is 0 Å². The number of pyridine rings is 1. The van der Waals surface area contributed by atoms with Gasteiger partial charge in [0.25, 0.3) is 5.91 Å². The van der Waals surface area contributed by atoms with E-state index in [0.717, 1.165) is 5.39 Å². The number of rotatable bonds is 9. The van der Waals surface area contributed by atoms with Crippen molar-refractivity contribution in [2.45, 2.75) is 107 Å². The first kappa shape index (κ1) is 38.3. The molecular weight excluding hydrogens is 709 g/mol. The van der Waals surface area contributed by atoms with E-state index in [4.69, 9.17) is 9.47 Å². The minimum absolute atomic E-state index is 0.0467. The minimum Gasteiger partial charge on any atom is -0.475 e. The number of allylic oxidation sites excluding steroid dienone is 1. The van der Waals surface area contributed by atoms with E-state index in [9.17, 15) is 37.1 Å². The first-order valence-corrected chi connectivity index (χ1v) is 19.7. The predicted molar refractivity (Wildman–Crippen MR) is 192 cm³/mol. The lowest BCUT2D eigenvalue weighted by Crippen LogP contribution is -2.59. The highest BCUT2D eigenvalue weighted by Crippen LogP contribution is 2.48. The Hall–Kier alpha value is -4.47. The molecule has 4 aliphatic rings. The average molecular weight is 758 g/mol.